The van der Waals surface area contributed by atoms with Crippen LogP contribution in [0.2, 0.25) is 0 Å². The van der Waals surface area contributed by atoms with E-state index in [2.05, 4.69) is 4.98 Å². The molecule has 0 bridgehead atoms. The molecule has 0 radical (unpaired) electrons. The van der Waals surface area contributed by atoms with Crippen molar-refractivity contribution in [3.8, 4) is 0 Å². The Morgan fingerprint density at radius 2 is 2.23 bits per heavy atom. The maximum Gasteiger partial charge on any atom is 0.305 e. The number of benzene rings is 1. The number of unbranched alkanes of at least 4 members (excludes halogenated alkanes) is 1. The summed E-state index contributed by atoms with van der Waals surface area (Å²) in [6.45, 7) is 2.23. The van der Waals surface area contributed by atoms with Gasteiger partial charge in [0.25, 0.3) is 0 Å². The Morgan fingerprint density at radius 1 is 1.41 bits per heavy atom. The summed E-state index contributed by atoms with van der Waals surface area (Å²) in [5.41, 5.74) is 4.47. The zero-order valence-electron chi connectivity index (χ0n) is 12.6. The normalized spacial score (nSPS) is 10.6. The smallest absolute Gasteiger partial charge is 0.305 e. The van der Waals surface area contributed by atoms with Gasteiger partial charge in [0.05, 0.1) is 12.1 Å². The van der Waals surface area contributed by atoms with Crippen molar-refractivity contribution in [2.45, 2.75) is 32.6 Å². The van der Waals surface area contributed by atoms with Gasteiger partial charge in [0, 0.05) is 23.6 Å². The number of esters is 1. The predicted molar refractivity (Wildman–Crippen MR) is 84.2 cm³/mol. The molecule has 4 N–H and O–H groups in total. The highest BCUT2D eigenvalue weighted by atomic mass is 16.5. The molecule has 2 aromatic rings. The summed E-state index contributed by atoms with van der Waals surface area (Å²) in [6.07, 6.45) is 4.90. The Hall–Kier alpha value is -2.34. The number of aromatic amines is 1. The summed E-state index contributed by atoms with van der Waals surface area (Å²) in [4.78, 5) is 14.4. The van der Waals surface area contributed by atoms with Crippen molar-refractivity contribution in [3.05, 3.63) is 35.5 Å². The molecule has 1 heterocycles. The highest BCUT2D eigenvalue weighted by Gasteiger charge is 2.10. The van der Waals surface area contributed by atoms with Crippen molar-refractivity contribution >= 4 is 22.7 Å². The topological polar surface area (TPSA) is 98.2 Å². The number of ether oxygens (including phenoxy) is 1. The minimum absolute atomic E-state index is 0.0405. The average Bonchev–Trinajstić information content (AvgIpc) is 2.94. The Balaban J connectivity index is 2.01. The number of hydrogen-bond acceptors (Lipinski definition) is 4. The molecule has 0 aliphatic carbocycles. The van der Waals surface area contributed by atoms with Crippen LogP contribution in [0.15, 0.2) is 24.4 Å². The second-order valence-electron chi connectivity index (χ2n) is 5.04. The largest absolute Gasteiger partial charge is 0.466 e. The summed E-state index contributed by atoms with van der Waals surface area (Å²) < 4.78 is 4.90. The molecule has 0 atom stereocenters. The van der Waals surface area contributed by atoms with Gasteiger partial charge in [-0.1, -0.05) is 12.1 Å². The van der Waals surface area contributed by atoms with Crippen LogP contribution in [0.4, 0.5) is 0 Å². The number of rotatable bonds is 7. The summed E-state index contributed by atoms with van der Waals surface area (Å²) in [7, 11) is 0. The minimum Gasteiger partial charge on any atom is -0.466 e. The molecule has 22 heavy (non-hydrogen) atoms. The molecule has 0 amide bonds. The number of hydrogen-bond donors (Lipinski definition) is 4. The molecule has 0 aliphatic rings. The second kappa shape index (κ2) is 7.61. The molecule has 0 fully saturated rings. The summed E-state index contributed by atoms with van der Waals surface area (Å²) in [6, 6.07) is 5.62. The number of para-hydroxylation sites is 1. The van der Waals surface area contributed by atoms with Gasteiger partial charge in [-0.15, -0.1) is 0 Å². The second-order valence-corrected chi connectivity index (χ2v) is 5.04. The molecule has 0 saturated carbocycles. The fourth-order valence-electron chi connectivity index (χ4n) is 2.51. The number of fused-ring (bicyclic) bond motifs is 1. The van der Waals surface area contributed by atoms with Gasteiger partial charge in [0.1, 0.15) is 0 Å². The molecule has 6 nitrogen and oxygen atoms in total. The number of amidine groups is 1. The van der Waals surface area contributed by atoms with E-state index >= 15 is 0 Å². The van der Waals surface area contributed by atoms with E-state index in [1.807, 2.05) is 23.8 Å². The SMILES string of the molecule is CCOC(=O)CCCCc1c[nH]c2c(C(=N)NO)cccc12. The van der Waals surface area contributed by atoms with Gasteiger partial charge in [0.15, 0.2) is 5.84 Å². The third kappa shape index (κ3) is 3.65. The van der Waals surface area contributed by atoms with Crippen molar-refractivity contribution < 1.29 is 14.7 Å². The molecule has 0 saturated heterocycles. The molecule has 6 heteroatoms. The van der Waals surface area contributed by atoms with Crippen molar-refractivity contribution in [1.29, 1.82) is 5.41 Å². The minimum atomic E-state index is -0.147. The summed E-state index contributed by atoms with van der Waals surface area (Å²) >= 11 is 0. The number of aryl methyl sites for hydroxylation is 1. The lowest BCUT2D eigenvalue weighted by Crippen LogP contribution is -2.18. The van der Waals surface area contributed by atoms with Crippen LogP contribution in [0.1, 0.15) is 37.3 Å². The standard InChI is InChI=1S/C16H21N3O3/c1-2-22-14(20)9-4-3-6-11-10-18-15-12(11)7-5-8-13(15)16(17)19-21/h5,7-8,10,18,21H,2-4,6,9H2,1H3,(H2,17,19). The number of hydroxylamine groups is 1. The highest BCUT2D eigenvalue weighted by Crippen LogP contribution is 2.23. The third-order valence-electron chi connectivity index (χ3n) is 3.56. The van der Waals surface area contributed by atoms with Gasteiger partial charge < -0.3 is 9.72 Å². The van der Waals surface area contributed by atoms with E-state index in [1.165, 1.54) is 0 Å². The molecular formula is C16H21N3O3. The monoisotopic (exact) mass is 303 g/mol. The quantitative estimate of drug-likeness (QED) is 0.208. The number of carbonyl (C=O) groups excluding carboxylic acids is 1. The zero-order chi connectivity index (χ0) is 15.9. The van der Waals surface area contributed by atoms with E-state index in [1.54, 1.807) is 13.0 Å². The fourth-order valence-corrected chi connectivity index (χ4v) is 2.51. The molecule has 2 rings (SSSR count). The molecule has 0 spiro atoms. The summed E-state index contributed by atoms with van der Waals surface area (Å²) in [5, 5.41) is 17.6. The van der Waals surface area contributed by atoms with Gasteiger partial charge in [0.2, 0.25) is 0 Å². The lowest BCUT2D eigenvalue weighted by molar-refractivity contribution is -0.143. The predicted octanol–water partition coefficient (Wildman–Crippen LogP) is 2.75. The van der Waals surface area contributed by atoms with Crippen LogP contribution < -0.4 is 5.48 Å². The molecule has 1 aromatic heterocycles. The van der Waals surface area contributed by atoms with Crippen LogP contribution in [-0.4, -0.2) is 28.6 Å². The van der Waals surface area contributed by atoms with Crippen LogP contribution in [0.25, 0.3) is 10.9 Å². The van der Waals surface area contributed by atoms with Gasteiger partial charge in [-0.05, 0) is 37.8 Å². The molecule has 0 unspecified atom stereocenters. The van der Waals surface area contributed by atoms with Gasteiger partial charge >= 0.3 is 5.97 Å². The van der Waals surface area contributed by atoms with Gasteiger partial charge in [-0.2, -0.15) is 0 Å². The van der Waals surface area contributed by atoms with Crippen LogP contribution in [0.5, 0.6) is 0 Å². The van der Waals surface area contributed by atoms with E-state index in [4.69, 9.17) is 15.4 Å². The first-order chi connectivity index (χ1) is 10.7. The molecule has 0 aliphatic heterocycles. The van der Waals surface area contributed by atoms with Crippen molar-refractivity contribution in [1.82, 2.24) is 10.5 Å². The van der Waals surface area contributed by atoms with Gasteiger partial charge in [-0.3, -0.25) is 20.9 Å². The van der Waals surface area contributed by atoms with E-state index in [-0.39, 0.29) is 11.8 Å². The molecule has 118 valence electrons. The van der Waals surface area contributed by atoms with Crippen molar-refractivity contribution in [2.24, 2.45) is 0 Å². The van der Waals surface area contributed by atoms with E-state index in [0.717, 1.165) is 35.7 Å². The molecular weight excluding hydrogens is 282 g/mol. The van der Waals surface area contributed by atoms with E-state index < -0.39 is 0 Å². The lowest BCUT2D eigenvalue weighted by Gasteiger charge is -2.04. The first-order valence-corrected chi connectivity index (χ1v) is 7.41. The lowest BCUT2D eigenvalue weighted by atomic mass is 10.0. The van der Waals surface area contributed by atoms with Gasteiger partial charge in [-0.25, -0.2) is 0 Å². The maximum atomic E-state index is 11.3. The van der Waals surface area contributed by atoms with Crippen LogP contribution in [0.3, 0.4) is 0 Å². The Bertz CT molecular complexity index is 664. The first-order valence-electron chi connectivity index (χ1n) is 7.41. The number of carbonyl (C=O) groups is 1. The Labute approximate surface area is 129 Å². The fraction of sp³-hybridized carbons (Fsp3) is 0.375. The number of aromatic nitrogens is 1. The first kappa shape index (κ1) is 16.0. The average molecular weight is 303 g/mol. The van der Waals surface area contributed by atoms with Crippen LogP contribution in [-0.2, 0) is 16.0 Å². The highest BCUT2D eigenvalue weighted by molar-refractivity contribution is 6.07. The van der Waals surface area contributed by atoms with Crippen molar-refractivity contribution in [3.63, 3.8) is 0 Å². The van der Waals surface area contributed by atoms with E-state index in [9.17, 15) is 4.79 Å². The third-order valence-corrected chi connectivity index (χ3v) is 3.56. The Morgan fingerprint density at radius 3 is 2.95 bits per heavy atom. The molecule has 1 aromatic carbocycles. The van der Waals surface area contributed by atoms with E-state index in [0.29, 0.717) is 18.6 Å². The van der Waals surface area contributed by atoms with Crippen molar-refractivity contribution in [2.75, 3.05) is 6.61 Å². The summed E-state index contributed by atoms with van der Waals surface area (Å²) in [5.74, 6) is -0.188. The van der Waals surface area contributed by atoms with Crippen LogP contribution in [0, 0.1) is 5.41 Å². The van der Waals surface area contributed by atoms with Crippen LogP contribution >= 0.6 is 0 Å². The Kier molecular flexibility index (Phi) is 5.55. The maximum absolute atomic E-state index is 11.3. The zero-order valence-corrected chi connectivity index (χ0v) is 12.6. The number of nitrogens with one attached hydrogen (secondary N) is 3. The number of H-pyrrole nitrogens is 1.